The minimum Gasteiger partial charge on any atom is -0.274 e. The summed E-state index contributed by atoms with van der Waals surface area (Å²) in [7, 11) is 0. The van der Waals surface area contributed by atoms with Crippen molar-refractivity contribution in [3.8, 4) is 12.1 Å². The molecule has 0 aliphatic rings. The number of anilines is 1. The topological polar surface area (TPSA) is 72.0 Å². The van der Waals surface area contributed by atoms with E-state index in [9.17, 15) is 4.39 Å². The van der Waals surface area contributed by atoms with Gasteiger partial charge in [0.2, 0.25) is 5.71 Å². The fourth-order valence-corrected chi connectivity index (χ4v) is 2.60. The molecule has 0 saturated carbocycles. The number of hydrazone groups is 1. The van der Waals surface area contributed by atoms with E-state index in [2.05, 4.69) is 42.4 Å². The van der Waals surface area contributed by atoms with Gasteiger partial charge in [-0.1, -0.05) is 11.6 Å². The van der Waals surface area contributed by atoms with E-state index in [4.69, 9.17) is 22.1 Å². The van der Waals surface area contributed by atoms with Gasteiger partial charge < -0.3 is 0 Å². The van der Waals surface area contributed by atoms with Crippen molar-refractivity contribution >= 4 is 54.9 Å². The highest BCUT2D eigenvalue weighted by atomic mass is 79.9. The van der Waals surface area contributed by atoms with Gasteiger partial charge in [-0.05, 0) is 37.9 Å². The summed E-state index contributed by atoms with van der Waals surface area (Å²) in [5.41, 5.74) is 2.26. The second-order valence-corrected chi connectivity index (χ2v) is 4.69. The van der Waals surface area contributed by atoms with Gasteiger partial charge in [-0.2, -0.15) is 15.6 Å². The molecule has 17 heavy (non-hydrogen) atoms. The Hall–Kier alpha value is -1.15. The molecule has 8 heteroatoms. The van der Waals surface area contributed by atoms with Crippen LogP contribution in [0.3, 0.4) is 0 Å². The molecular formula is C9H2Br2ClFN4. The Balaban J connectivity index is 3.18. The van der Waals surface area contributed by atoms with Crippen LogP contribution in [0.2, 0.25) is 5.02 Å². The first-order chi connectivity index (χ1) is 8.01. The normalized spacial score (nSPS) is 9.06. The van der Waals surface area contributed by atoms with E-state index in [1.54, 1.807) is 12.1 Å². The number of nitrogens with zero attached hydrogens (tertiary/aromatic N) is 3. The summed E-state index contributed by atoms with van der Waals surface area (Å²) in [5.74, 6) is -0.664. The second-order valence-electron chi connectivity index (χ2n) is 2.64. The zero-order chi connectivity index (χ0) is 13.0. The van der Waals surface area contributed by atoms with Crippen LogP contribution in [0.15, 0.2) is 20.1 Å². The van der Waals surface area contributed by atoms with Gasteiger partial charge in [0.05, 0.1) is 15.2 Å². The predicted molar refractivity (Wildman–Crippen MR) is 69.1 cm³/mol. The Labute approximate surface area is 118 Å². The first kappa shape index (κ1) is 13.9. The minimum atomic E-state index is -0.664. The van der Waals surface area contributed by atoms with Crippen LogP contribution in [0, 0.1) is 28.5 Å². The van der Waals surface area contributed by atoms with Gasteiger partial charge in [0, 0.05) is 4.47 Å². The van der Waals surface area contributed by atoms with Crippen molar-refractivity contribution in [3.63, 3.8) is 0 Å². The molecule has 1 rings (SSSR count). The molecule has 1 N–H and O–H groups in total. The van der Waals surface area contributed by atoms with Gasteiger partial charge in [-0.15, -0.1) is 0 Å². The van der Waals surface area contributed by atoms with Crippen molar-refractivity contribution in [2.24, 2.45) is 5.10 Å². The maximum atomic E-state index is 13.4. The maximum absolute atomic E-state index is 13.4. The van der Waals surface area contributed by atoms with Crippen molar-refractivity contribution in [3.05, 3.63) is 25.9 Å². The first-order valence-corrected chi connectivity index (χ1v) is 5.94. The molecule has 4 nitrogen and oxygen atoms in total. The van der Waals surface area contributed by atoms with E-state index >= 15 is 0 Å². The summed E-state index contributed by atoms with van der Waals surface area (Å²) in [6.45, 7) is 0. The molecule has 1 aromatic carbocycles. The number of hydrogen-bond acceptors (Lipinski definition) is 4. The van der Waals surface area contributed by atoms with Gasteiger partial charge >= 0.3 is 0 Å². The fourth-order valence-electron chi connectivity index (χ4n) is 0.856. The molecule has 0 heterocycles. The largest absolute Gasteiger partial charge is 0.274 e. The van der Waals surface area contributed by atoms with Gasteiger partial charge in [0.25, 0.3) is 0 Å². The lowest BCUT2D eigenvalue weighted by Gasteiger charge is -2.08. The highest BCUT2D eigenvalue weighted by Gasteiger charge is 2.14. The maximum Gasteiger partial charge on any atom is 0.237 e. The second kappa shape index (κ2) is 5.97. The number of nitrogens with one attached hydrogen (secondary N) is 1. The van der Waals surface area contributed by atoms with Crippen LogP contribution >= 0.6 is 43.5 Å². The monoisotopic (exact) mass is 378 g/mol. The summed E-state index contributed by atoms with van der Waals surface area (Å²) in [6, 6.07) is 4.46. The highest BCUT2D eigenvalue weighted by Crippen LogP contribution is 2.37. The zero-order valence-corrected chi connectivity index (χ0v) is 11.9. The summed E-state index contributed by atoms with van der Waals surface area (Å²) in [6.07, 6.45) is 0. The molecule has 0 amide bonds. The third kappa shape index (κ3) is 3.16. The minimum absolute atomic E-state index is 0.0517. The van der Waals surface area contributed by atoms with Crippen LogP contribution in [0.25, 0.3) is 0 Å². The van der Waals surface area contributed by atoms with Gasteiger partial charge in [0.1, 0.15) is 12.1 Å². The quantitative estimate of drug-likeness (QED) is 0.367. The number of rotatable bonds is 2. The summed E-state index contributed by atoms with van der Waals surface area (Å²) < 4.78 is 13.9. The molecule has 1 aromatic rings. The van der Waals surface area contributed by atoms with Crippen LogP contribution in [0.1, 0.15) is 0 Å². The lowest BCUT2D eigenvalue weighted by molar-refractivity contribution is 0.622. The van der Waals surface area contributed by atoms with E-state index in [0.29, 0.717) is 4.47 Å². The molecule has 0 fully saturated rings. The van der Waals surface area contributed by atoms with Crippen molar-refractivity contribution < 1.29 is 4.39 Å². The third-order valence-corrected chi connectivity index (χ3v) is 3.25. The Morgan fingerprint density at radius 2 is 2.00 bits per heavy atom. The fraction of sp³-hybridized carbons (Fsp3) is 0. The van der Waals surface area contributed by atoms with Gasteiger partial charge in [-0.25, -0.2) is 4.39 Å². The van der Waals surface area contributed by atoms with Crippen LogP contribution in [0.4, 0.5) is 10.1 Å². The van der Waals surface area contributed by atoms with Gasteiger partial charge in [0.15, 0.2) is 5.82 Å². The standard InChI is InChI=1S/C9H2Br2ClFN4/c10-5-1-6(12)8(13)7(11)9(5)17-16-4(2-14)3-15/h1,17H. The molecule has 0 atom stereocenters. The Bertz CT molecular complexity index is 558. The van der Waals surface area contributed by atoms with E-state index in [1.165, 1.54) is 6.07 Å². The molecule has 86 valence electrons. The average molecular weight is 380 g/mol. The highest BCUT2D eigenvalue weighted by molar-refractivity contribution is 9.11. The molecule has 0 radical (unpaired) electrons. The van der Waals surface area contributed by atoms with Crippen molar-refractivity contribution in [1.29, 1.82) is 10.5 Å². The average Bonchev–Trinajstić information content (AvgIpc) is 2.31. The number of benzene rings is 1. The molecule has 0 spiro atoms. The van der Waals surface area contributed by atoms with Gasteiger partial charge in [-0.3, -0.25) is 5.43 Å². The summed E-state index contributed by atoms with van der Waals surface area (Å²) in [5, 5.41) is 20.4. The van der Waals surface area contributed by atoms with Crippen molar-refractivity contribution in [2.45, 2.75) is 0 Å². The van der Waals surface area contributed by atoms with Crippen LogP contribution in [-0.2, 0) is 0 Å². The molecule has 0 aliphatic carbocycles. The predicted octanol–water partition coefficient (Wildman–Crippen LogP) is 3.82. The zero-order valence-electron chi connectivity index (χ0n) is 7.93. The number of halogens is 4. The smallest absolute Gasteiger partial charge is 0.237 e. The van der Waals surface area contributed by atoms with E-state index in [-0.39, 0.29) is 20.9 Å². The number of nitriles is 2. The van der Waals surface area contributed by atoms with Crippen LogP contribution < -0.4 is 5.43 Å². The first-order valence-electron chi connectivity index (χ1n) is 3.98. The van der Waals surface area contributed by atoms with Crippen molar-refractivity contribution in [2.75, 3.05) is 5.43 Å². The third-order valence-electron chi connectivity index (χ3n) is 1.61. The number of hydrogen-bond donors (Lipinski definition) is 1. The molecular weight excluding hydrogens is 378 g/mol. The molecule has 0 bridgehead atoms. The van der Waals surface area contributed by atoms with E-state index in [0.717, 1.165) is 0 Å². The molecule has 0 aliphatic heterocycles. The van der Waals surface area contributed by atoms with E-state index < -0.39 is 5.82 Å². The Kier molecular flexibility index (Phi) is 4.88. The molecule has 0 saturated heterocycles. The molecule has 0 unspecified atom stereocenters. The lowest BCUT2D eigenvalue weighted by Crippen LogP contribution is -1.99. The SMILES string of the molecule is N#CC(C#N)=NNc1c(Br)cc(Cl)c(F)c1Br. The Morgan fingerprint density at radius 1 is 1.41 bits per heavy atom. The summed E-state index contributed by atoms with van der Waals surface area (Å²) >= 11 is 11.7. The lowest BCUT2D eigenvalue weighted by atomic mass is 10.3. The van der Waals surface area contributed by atoms with Crippen LogP contribution in [-0.4, -0.2) is 5.71 Å². The van der Waals surface area contributed by atoms with E-state index in [1.807, 2.05) is 0 Å². The molecule has 0 aromatic heterocycles. The Morgan fingerprint density at radius 3 is 2.53 bits per heavy atom. The van der Waals surface area contributed by atoms with Crippen LogP contribution in [0.5, 0.6) is 0 Å². The van der Waals surface area contributed by atoms with Crippen molar-refractivity contribution in [1.82, 2.24) is 0 Å². The summed E-state index contributed by atoms with van der Waals surface area (Å²) in [4.78, 5) is 0.